The number of hydrogen-bond donors (Lipinski definition) is 3. The van der Waals surface area contributed by atoms with Gasteiger partial charge >= 0.3 is 0 Å². The van der Waals surface area contributed by atoms with Crippen molar-refractivity contribution in [1.82, 2.24) is 15.5 Å². The van der Waals surface area contributed by atoms with Gasteiger partial charge in [-0.2, -0.15) is 0 Å². The zero-order chi connectivity index (χ0) is 16.5. The Hall–Kier alpha value is -2.12. The molecular weight excluding hydrogens is 308 g/mol. The maximum Gasteiger partial charge on any atom is 0.239 e. The largest absolute Gasteiger partial charge is 0.358 e. The number of benzene rings is 1. The molecule has 0 aliphatic heterocycles. The molecule has 0 saturated heterocycles. The van der Waals surface area contributed by atoms with Crippen LogP contribution in [0.25, 0.3) is 0 Å². The van der Waals surface area contributed by atoms with Crippen LogP contribution in [-0.2, 0) is 14.4 Å². The van der Waals surface area contributed by atoms with Crippen molar-refractivity contribution in [3.05, 3.63) is 29.3 Å². The molecule has 1 aromatic rings. The van der Waals surface area contributed by atoms with Crippen molar-refractivity contribution in [3.8, 4) is 0 Å². The summed E-state index contributed by atoms with van der Waals surface area (Å²) in [6.07, 6.45) is 0. The van der Waals surface area contributed by atoms with Crippen LogP contribution in [-0.4, -0.2) is 56.4 Å². The summed E-state index contributed by atoms with van der Waals surface area (Å²) in [6.45, 7) is -0.0550. The van der Waals surface area contributed by atoms with Gasteiger partial charge in [-0.25, -0.2) is 0 Å². The van der Waals surface area contributed by atoms with E-state index in [1.54, 1.807) is 31.3 Å². The van der Waals surface area contributed by atoms with E-state index in [2.05, 4.69) is 16.0 Å². The minimum atomic E-state index is -0.336. The highest BCUT2D eigenvalue weighted by molar-refractivity contribution is 6.33. The topological polar surface area (TPSA) is 90.5 Å². The molecule has 7 nitrogen and oxygen atoms in total. The van der Waals surface area contributed by atoms with E-state index in [4.69, 9.17) is 11.6 Å². The molecule has 3 amide bonds. The molecule has 22 heavy (non-hydrogen) atoms. The van der Waals surface area contributed by atoms with Crippen molar-refractivity contribution < 1.29 is 14.4 Å². The lowest BCUT2D eigenvalue weighted by Crippen LogP contribution is -2.42. The number of nitrogens with zero attached hydrogens (tertiary/aromatic N) is 1. The zero-order valence-corrected chi connectivity index (χ0v) is 13.2. The first-order valence-corrected chi connectivity index (χ1v) is 7.00. The second-order valence-electron chi connectivity index (χ2n) is 4.65. The van der Waals surface area contributed by atoms with Crippen LogP contribution in [0.1, 0.15) is 0 Å². The number of rotatable bonds is 7. The summed E-state index contributed by atoms with van der Waals surface area (Å²) >= 11 is 5.94. The minimum Gasteiger partial charge on any atom is -0.358 e. The van der Waals surface area contributed by atoms with Crippen LogP contribution in [0.4, 0.5) is 5.69 Å². The summed E-state index contributed by atoms with van der Waals surface area (Å²) in [7, 11) is 3.12. The van der Waals surface area contributed by atoms with E-state index in [1.165, 1.54) is 11.9 Å². The molecule has 3 N–H and O–H groups in total. The van der Waals surface area contributed by atoms with Crippen LogP contribution in [0, 0.1) is 0 Å². The van der Waals surface area contributed by atoms with Gasteiger partial charge in [-0.05, 0) is 19.2 Å². The summed E-state index contributed by atoms with van der Waals surface area (Å²) in [4.78, 5) is 36.0. The van der Waals surface area contributed by atoms with E-state index in [0.29, 0.717) is 10.7 Å². The third kappa shape index (κ3) is 6.55. The lowest BCUT2D eigenvalue weighted by molar-refractivity contribution is -0.126. The Bertz CT molecular complexity index is 551. The molecule has 0 aliphatic rings. The number of anilines is 1. The van der Waals surface area contributed by atoms with Crippen molar-refractivity contribution in [2.75, 3.05) is 39.0 Å². The van der Waals surface area contributed by atoms with E-state index >= 15 is 0 Å². The summed E-state index contributed by atoms with van der Waals surface area (Å²) in [6, 6.07) is 6.89. The predicted molar refractivity (Wildman–Crippen MR) is 84.7 cm³/mol. The highest BCUT2D eigenvalue weighted by atomic mass is 35.5. The molecule has 0 atom stereocenters. The number of halogens is 1. The first kappa shape index (κ1) is 17.9. The van der Waals surface area contributed by atoms with E-state index < -0.39 is 0 Å². The average Bonchev–Trinajstić information content (AvgIpc) is 2.46. The molecule has 120 valence electrons. The van der Waals surface area contributed by atoms with Crippen molar-refractivity contribution >= 4 is 35.0 Å². The number of hydrogen-bond acceptors (Lipinski definition) is 4. The highest BCUT2D eigenvalue weighted by Crippen LogP contribution is 2.20. The smallest absolute Gasteiger partial charge is 0.239 e. The Morgan fingerprint density at radius 1 is 1.09 bits per heavy atom. The Morgan fingerprint density at radius 3 is 2.36 bits per heavy atom. The first-order chi connectivity index (χ1) is 10.4. The Kier molecular flexibility index (Phi) is 7.34. The molecule has 0 aromatic heterocycles. The van der Waals surface area contributed by atoms with Crippen LogP contribution >= 0.6 is 11.6 Å². The van der Waals surface area contributed by atoms with Gasteiger partial charge < -0.3 is 16.0 Å². The Morgan fingerprint density at radius 2 is 1.73 bits per heavy atom. The van der Waals surface area contributed by atoms with E-state index in [1.807, 2.05) is 0 Å². The van der Waals surface area contributed by atoms with Crippen LogP contribution in [0.5, 0.6) is 0 Å². The third-order valence-corrected chi connectivity index (χ3v) is 3.03. The third-order valence-electron chi connectivity index (χ3n) is 2.70. The predicted octanol–water partition coefficient (Wildman–Crippen LogP) is 0.0725. The molecule has 0 aliphatic carbocycles. The van der Waals surface area contributed by atoms with Crippen molar-refractivity contribution in [2.24, 2.45) is 0 Å². The molecule has 1 rings (SSSR count). The van der Waals surface area contributed by atoms with Gasteiger partial charge in [0.15, 0.2) is 0 Å². The molecule has 0 fully saturated rings. The van der Waals surface area contributed by atoms with Gasteiger partial charge in [-0.3, -0.25) is 19.3 Å². The number of para-hydroxylation sites is 1. The van der Waals surface area contributed by atoms with Crippen molar-refractivity contribution in [1.29, 1.82) is 0 Å². The average molecular weight is 327 g/mol. The molecule has 0 radical (unpaired) electrons. The molecule has 8 heteroatoms. The van der Waals surface area contributed by atoms with Crippen LogP contribution < -0.4 is 16.0 Å². The maximum atomic E-state index is 11.9. The van der Waals surface area contributed by atoms with E-state index in [0.717, 1.165) is 0 Å². The fraction of sp³-hybridized carbons (Fsp3) is 0.357. The number of nitrogens with one attached hydrogen (secondary N) is 3. The fourth-order valence-electron chi connectivity index (χ4n) is 1.62. The SMILES string of the molecule is CNC(=O)CNC(=O)CN(C)CC(=O)Nc1ccccc1Cl. The normalized spacial score (nSPS) is 10.2. The lowest BCUT2D eigenvalue weighted by Gasteiger charge is -2.16. The molecule has 0 saturated carbocycles. The Labute approximate surface area is 134 Å². The standard InChI is InChI=1S/C14H19ClN4O3/c1-16-12(20)7-17-13(21)8-19(2)9-14(22)18-11-6-4-3-5-10(11)15/h3-6H,7-9H2,1-2H3,(H,16,20)(H,17,21)(H,18,22). The van der Waals surface area contributed by atoms with Gasteiger partial charge in [0.05, 0.1) is 30.3 Å². The second kappa shape index (κ2) is 9.01. The van der Waals surface area contributed by atoms with Crippen molar-refractivity contribution in [3.63, 3.8) is 0 Å². The number of carbonyl (C=O) groups is 3. The number of likely N-dealkylation sites (N-methyl/N-ethyl adjacent to an activating group) is 2. The van der Waals surface area contributed by atoms with Crippen LogP contribution in [0.2, 0.25) is 5.02 Å². The second-order valence-corrected chi connectivity index (χ2v) is 5.06. The molecule has 0 heterocycles. The molecular formula is C14H19ClN4O3. The minimum absolute atomic E-state index is 0.00688. The van der Waals surface area contributed by atoms with Crippen LogP contribution in [0.15, 0.2) is 24.3 Å². The summed E-state index contributed by atoms with van der Waals surface area (Å²) in [5, 5.41) is 7.96. The number of carbonyl (C=O) groups excluding carboxylic acids is 3. The van der Waals surface area contributed by atoms with Gasteiger partial charge in [-0.15, -0.1) is 0 Å². The van der Waals surface area contributed by atoms with Gasteiger partial charge in [0.25, 0.3) is 0 Å². The van der Waals surface area contributed by atoms with E-state index in [9.17, 15) is 14.4 Å². The molecule has 0 unspecified atom stereocenters. The maximum absolute atomic E-state index is 11.9. The summed E-state index contributed by atoms with van der Waals surface area (Å²) in [5.41, 5.74) is 0.520. The summed E-state index contributed by atoms with van der Waals surface area (Å²) in [5.74, 6) is -0.904. The van der Waals surface area contributed by atoms with Gasteiger partial charge in [0, 0.05) is 7.05 Å². The quantitative estimate of drug-likeness (QED) is 0.661. The molecule has 0 bridgehead atoms. The first-order valence-electron chi connectivity index (χ1n) is 6.62. The Balaban J connectivity index is 2.36. The van der Waals surface area contributed by atoms with E-state index in [-0.39, 0.29) is 37.4 Å². The molecule has 1 aromatic carbocycles. The van der Waals surface area contributed by atoms with Gasteiger partial charge in [0.1, 0.15) is 0 Å². The molecule has 0 spiro atoms. The van der Waals surface area contributed by atoms with Crippen molar-refractivity contribution in [2.45, 2.75) is 0 Å². The zero-order valence-electron chi connectivity index (χ0n) is 12.5. The fourth-order valence-corrected chi connectivity index (χ4v) is 1.80. The highest BCUT2D eigenvalue weighted by Gasteiger charge is 2.12. The summed E-state index contributed by atoms with van der Waals surface area (Å²) < 4.78 is 0. The van der Waals surface area contributed by atoms with Gasteiger partial charge in [-0.1, -0.05) is 23.7 Å². The van der Waals surface area contributed by atoms with Gasteiger partial charge in [0.2, 0.25) is 17.7 Å². The monoisotopic (exact) mass is 326 g/mol. The lowest BCUT2D eigenvalue weighted by atomic mass is 10.3. The van der Waals surface area contributed by atoms with Crippen LogP contribution in [0.3, 0.4) is 0 Å². The number of amides is 3.